The van der Waals surface area contributed by atoms with E-state index in [0.29, 0.717) is 22.9 Å². The lowest BCUT2D eigenvalue weighted by atomic mass is 10.3. The van der Waals surface area contributed by atoms with E-state index in [1.807, 2.05) is 18.2 Å². The maximum atomic E-state index is 13.6. The average molecular weight is 494 g/mol. The Morgan fingerprint density at radius 1 is 1.17 bits per heavy atom. The van der Waals surface area contributed by atoms with Gasteiger partial charge in [-0.2, -0.15) is 0 Å². The predicted octanol–water partition coefficient (Wildman–Crippen LogP) is 3.00. The Labute approximate surface area is 180 Å². The molecule has 0 aliphatic heterocycles. The number of aromatic nitrogens is 4. The van der Waals surface area contributed by atoms with Gasteiger partial charge in [-0.3, -0.25) is 4.52 Å². The van der Waals surface area contributed by atoms with Crippen LogP contribution in [0.5, 0.6) is 0 Å². The summed E-state index contributed by atoms with van der Waals surface area (Å²) in [5, 5.41) is 14.3. The number of nitrogens with one attached hydrogen (secondary N) is 1. The van der Waals surface area contributed by atoms with E-state index < -0.39 is 22.7 Å². The minimum atomic E-state index is -1.20. The Morgan fingerprint density at radius 2 is 1.97 bits per heavy atom. The molecular weight excluding hydrogens is 481 g/mol. The third-order valence-electron chi connectivity index (χ3n) is 4.05. The average Bonchev–Trinajstić information content (AvgIpc) is 3.37. The summed E-state index contributed by atoms with van der Waals surface area (Å²) >= 11 is 1.88. The highest BCUT2D eigenvalue weighted by Gasteiger charge is 2.23. The fraction of sp³-hybridized carbons (Fsp3) is 0.111. The summed E-state index contributed by atoms with van der Waals surface area (Å²) in [6, 6.07) is 13.1. The number of hydrogen-bond donors (Lipinski definition) is 1. The van der Waals surface area contributed by atoms with Gasteiger partial charge in [-0.05, 0) is 67.8 Å². The van der Waals surface area contributed by atoms with Crippen LogP contribution < -0.4 is 11.1 Å². The number of nitrogens with zero attached hydrogens (tertiary/aromatic N) is 4. The lowest BCUT2D eigenvalue weighted by Gasteiger charge is -2.10. The molecule has 2 heterocycles. The van der Waals surface area contributed by atoms with Crippen LogP contribution in [-0.4, -0.2) is 36.9 Å². The summed E-state index contributed by atoms with van der Waals surface area (Å²) in [6.07, 6.45) is 0. The number of rotatable bonds is 7. The van der Waals surface area contributed by atoms with Crippen molar-refractivity contribution < 1.29 is 18.1 Å². The normalized spacial score (nSPS) is 12.1. The molecule has 9 nitrogen and oxygen atoms in total. The predicted molar refractivity (Wildman–Crippen MR) is 109 cm³/mol. The SMILES string of the molecule is O=c1onc(-c2nonc2NCC[S+]([O-])c2ccccc2)n1-c1ccc(F)c(Br)c1. The molecule has 0 bridgehead atoms. The van der Waals surface area contributed by atoms with E-state index in [0.717, 1.165) is 4.57 Å². The van der Waals surface area contributed by atoms with Crippen molar-refractivity contribution in [3.05, 3.63) is 69.4 Å². The topological polar surface area (TPSA) is 122 Å². The van der Waals surface area contributed by atoms with E-state index in [2.05, 4.69) is 36.7 Å². The van der Waals surface area contributed by atoms with E-state index >= 15 is 0 Å². The third-order valence-corrected chi connectivity index (χ3v) is 6.03. The van der Waals surface area contributed by atoms with E-state index in [9.17, 15) is 13.7 Å². The highest BCUT2D eigenvalue weighted by atomic mass is 79.9. The van der Waals surface area contributed by atoms with Crippen molar-refractivity contribution in [1.82, 2.24) is 20.0 Å². The second-order valence-corrected chi connectivity index (χ2v) is 8.38. The zero-order chi connectivity index (χ0) is 21.1. The fourth-order valence-electron chi connectivity index (χ4n) is 2.65. The van der Waals surface area contributed by atoms with Crippen molar-refractivity contribution in [3.63, 3.8) is 0 Å². The molecule has 2 aromatic carbocycles. The van der Waals surface area contributed by atoms with Crippen LogP contribution >= 0.6 is 15.9 Å². The van der Waals surface area contributed by atoms with Crippen molar-refractivity contribution in [1.29, 1.82) is 0 Å². The molecule has 0 saturated carbocycles. The van der Waals surface area contributed by atoms with E-state index in [1.165, 1.54) is 18.2 Å². The number of halogens is 2. The Morgan fingerprint density at radius 3 is 2.73 bits per heavy atom. The second-order valence-electron chi connectivity index (χ2n) is 5.96. The molecule has 2 aromatic heterocycles. The molecule has 1 unspecified atom stereocenters. The van der Waals surface area contributed by atoms with E-state index in [4.69, 9.17) is 9.15 Å². The van der Waals surface area contributed by atoms with Gasteiger partial charge >= 0.3 is 5.76 Å². The van der Waals surface area contributed by atoms with Crippen LogP contribution in [0.1, 0.15) is 0 Å². The molecule has 0 radical (unpaired) electrons. The summed E-state index contributed by atoms with van der Waals surface area (Å²) in [4.78, 5) is 12.9. The van der Waals surface area contributed by atoms with Gasteiger partial charge in [-0.25, -0.2) is 18.4 Å². The van der Waals surface area contributed by atoms with Crippen LogP contribution in [0.25, 0.3) is 17.2 Å². The lowest BCUT2D eigenvalue weighted by molar-refractivity contribution is 0.309. The maximum Gasteiger partial charge on any atom is 0.446 e. The summed E-state index contributed by atoms with van der Waals surface area (Å²) in [6.45, 7) is 0.299. The van der Waals surface area contributed by atoms with Gasteiger partial charge in [0.05, 0.1) is 16.7 Å². The van der Waals surface area contributed by atoms with Gasteiger partial charge in [0.1, 0.15) is 11.6 Å². The molecule has 0 fully saturated rings. The quantitative estimate of drug-likeness (QED) is 0.389. The van der Waals surface area contributed by atoms with Crippen molar-refractivity contribution >= 4 is 32.9 Å². The molecule has 4 rings (SSSR count). The first-order chi connectivity index (χ1) is 14.5. The summed E-state index contributed by atoms with van der Waals surface area (Å²) < 4.78 is 36.7. The number of benzene rings is 2. The van der Waals surface area contributed by atoms with Crippen molar-refractivity contribution in [3.8, 4) is 17.2 Å². The molecular formula is C18H13BrFN5O4S. The molecule has 154 valence electrons. The van der Waals surface area contributed by atoms with Crippen LogP contribution in [0.3, 0.4) is 0 Å². The van der Waals surface area contributed by atoms with Gasteiger partial charge in [-0.15, -0.1) is 0 Å². The van der Waals surface area contributed by atoms with Crippen LogP contribution in [0.2, 0.25) is 0 Å². The highest BCUT2D eigenvalue weighted by molar-refractivity contribution is 9.10. The first-order valence-corrected chi connectivity index (χ1v) is 10.7. The molecule has 12 heteroatoms. The van der Waals surface area contributed by atoms with Gasteiger partial charge in [-0.1, -0.05) is 23.4 Å². The Kier molecular flexibility index (Phi) is 5.97. The standard InChI is InChI=1S/C18H13BrFN5O4S/c19-13-10-11(6-7-14(13)20)25-17(24-28-18(25)26)15-16(23-29-22-15)21-8-9-30(27)12-4-2-1-3-5-12/h1-7,10H,8-9H2,(H,21,23). The second kappa shape index (κ2) is 8.81. The molecule has 1 N–H and O–H groups in total. The van der Waals surface area contributed by atoms with Crippen LogP contribution in [0, 0.1) is 5.82 Å². The van der Waals surface area contributed by atoms with Crippen molar-refractivity contribution in [2.24, 2.45) is 0 Å². The van der Waals surface area contributed by atoms with Crippen LogP contribution in [0.4, 0.5) is 10.2 Å². The molecule has 0 amide bonds. The van der Waals surface area contributed by atoms with Gasteiger partial charge < -0.3 is 9.87 Å². The number of hydrogen-bond acceptors (Lipinski definition) is 8. The van der Waals surface area contributed by atoms with Crippen molar-refractivity contribution in [2.75, 3.05) is 17.6 Å². The van der Waals surface area contributed by atoms with Crippen LogP contribution in [0.15, 0.2) is 71.8 Å². The summed E-state index contributed by atoms with van der Waals surface area (Å²) in [5.41, 5.74) is 0.426. The summed E-state index contributed by atoms with van der Waals surface area (Å²) in [5.74, 6) is -0.744. The highest BCUT2D eigenvalue weighted by Crippen LogP contribution is 2.26. The molecule has 4 aromatic rings. The smallest absolute Gasteiger partial charge is 0.446 e. The van der Waals surface area contributed by atoms with E-state index in [1.54, 1.807) is 12.1 Å². The molecule has 30 heavy (non-hydrogen) atoms. The van der Waals surface area contributed by atoms with E-state index in [-0.39, 0.29) is 21.8 Å². The minimum absolute atomic E-state index is 0.0199. The minimum Gasteiger partial charge on any atom is -0.611 e. The monoisotopic (exact) mass is 493 g/mol. The molecule has 0 spiro atoms. The Bertz CT molecular complexity index is 1210. The molecule has 0 aliphatic carbocycles. The van der Waals surface area contributed by atoms with Gasteiger partial charge in [0.15, 0.2) is 10.6 Å². The zero-order valence-corrected chi connectivity index (χ0v) is 17.5. The largest absolute Gasteiger partial charge is 0.611 e. The molecule has 0 saturated heterocycles. The van der Waals surface area contributed by atoms with Crippen molar-refractivity contribution in [2.45, 2.75) is 4.90 Å². The third kappa shape index (κ3) is 4.15. The van der Waals surface area contributed by atoms with Gasteiger partial charge in [0.25, 0.3) is 0 Å². The lowest BCUT2D eigenvalue weighted by Crippen LogP contribution is -2.17. The Hall–Kier alpha value is -2.96. The fourth-order valence-corrected chi connectivity index (χ4v) is 4.01. The molecule has 1 atom stereocenters. The zero-order valence-electron chi connectivity index (χ0n) is 15.1. The first kappa shape index (κ1) is 20.3. The van der Waals surface area contributed by atoms with Gasteiger partial charge in [0.2, 0.25) is 11.6 Å². The number of anilines is 1. The summed E-state index contributed by atoms with van der Waals surface area (Å²) in [7, 11) is 0. The molecule has 0 aliphatic rings. The van der Waals surface area contributed by atoms with Crippen LogP contribution in [-0.2, 0) is 11.2 Å². The Balaban J connectivity index is 1.55. The first-order valence-electron chi connectivity index (χ1n) is 8.59. The maximum absolute atomic E-state index is 13.6. The van der Waals surface area contributed by atoms with Gasteiger partial charge in [0, 0.05) is 0 Å².